The summed E-state index contributed by atoms with van der Waals surface area (Å²) >= 11 is 1.40. The van der Waals surface area contributed by atoms with E-state index in [9.17, 15) is 0 Å². The van der Waals surface area contributed by atoms with Crippen molar-refractivity contribution in [2.75, 3.05) is 26.1 Å². The summed E-state index contributed by atoms with van der Waals surface area (Å²) in [6, 6.07) is 0. The van der Waals surface area contributed by atoms with Gasteiger partial charge in [-0.2, -0.15) is 4.98 Å². The Morgan fingerprint density at radius 2 is 2.20 bits per heavy atom. The first-order chi connectivity index (χ1) is 9.72. The molecule has 3 rings (SSSR count). The van der Waals surface area contributed by atoms with E-state index in [1.165, 1.54) is 11.3 Å². The van der Waals surface area contributed by atoms with Crippen molar-refractivity contribution in [3.05, 3.63) is 22.8 Å². The Labute approximate surface area is 120 Å². The zero-order chi connectivity index (χ0) is 14.0. The van der Waals surface area contributed by atoms with Crippen molar-refractivity contribution in [3.8, 4) is 0 Å². The highest BCUT2D eigenvalue weighted by Gasteiger charge is 2.39. The Hall–Kier alpha value is -1.51. The van der Waals surface area contributed by atoms with Gasteiger partial charge < -0.3 is 19.7 Å². The number of aromatic nitrogens is 3. The number of anilines is 1. The first kappa shape index (κ1) is 13.5. The highest BCUT2D eigenvalue weighted by Crippen LogP contribution is 2.33. The minimum absolute atomic E-state index is 0.483. The first-order valence-corrected chi connectivity index (χ1v) is 7.26. The van der Waals surface area contributed by atoms with Crippen LogP contribution in [0.2, 0.25) is 0 Å². The number of nitrogen functional groups attached to an aromatic ring is 1. The minimum Gasteiger partial charge on any atom is -0.381 e. The standard InChI is InChI=1S/C12H16N4O3S/c1-17-12(2-4-18-5-3-12)10-15-9(19-16-10)6-8-7-20-11(13)14-8/h7H,2-6H2,1H3,(H2,13,14). The third-order valence-corrected chi connectivity index (χ3v) is 4.19. The van der Waals surface area contributed by atoms with E-state index in [1.807, 2.05) is 5.38 Å². The third-order valence-electron chi connectivity index (χ3n) is 3.47. The number of nitrogens with zero attached hydrogens (tertiary/aromatic N) is 3. The van der Waals surface area contributed by atoms with Gasteiger partial charge in [0, 0.05) is 38.5 Å². The van der Waals surface area contributed by atoms with Gasteiger partial charge in [0.2, 0.25) is 11.7 Å². The highest BCUT2D eigenvalue weighted by molar-refractivity contribution is 7.13. The van der Waals surface area contributed by atoms with Crippen molar-refractivity contribution >= 4 is 16.5 Å². The van der Waals surface area contributed by atoms with Crippen molar-refractivity contribution in [1.29, 1.82) is 0 Å². The Kier molecular flexibility index (Phi) is 3.68. The molecule has 2 aromatic rings. The molecule has 3 heterocycles. The molecule has 0 saturated carbocycles. The van der Waals surface area contributed by atoms with Crippen molar-refractivity contribution in [2.24, 2.45) is 0 Å². The molecule has 1 aliphatic rings. The van der Waals surface area contributed by atoms with E-state index in [-0.39, 0.29) is 0 Å². The van der Waals surface area contributed by atoms with E-state index < -0.39 is 5.60 Å². The maximum atomic E-state index is 5.63. The third kappa shape index (κ3) is 2.54. The lowest BCUT2D eigenvalue weighted by atomic mass is 9.93. The second kappa shape index (κ2) is 5.47. The van der Waals surface area contributed by atoms with Crippen molar-refractivity contribution in [1.82, 2.24) is 15.1 Å². The molecule has 7 nitrogen and oxygen atoms in total. The summed E-state index contributed by atoms with van der Waals surface area (Å²) in [5.41, 5.74) is 5.94. The number of ether oxygens (including phenoxy) is 2. The minimum atomic E-state index is -0.499. The number of hydrogen-bond acceptors (Lipinski definition) is 8. The highest BCUT2D eigenvalue weighted by atomic mass is 32.1. The predicted octanol–water partition coefficient (Wildman–Crippen LogP) is 1.35. The van der Waals surface area contributed by atoms with E-state index in [0.29, 0.717) is 36.5 Å². The van der Waals surface area contributed by atoms with Gasteiger partial charge in [0.1, 0.15) is 5.60 Å². The van der Waals surface area contributed by atoms with Crippen molar-refractivity contribution in [3.63, 3.8) is 0 Å². The second-order valence-corrected chi connectivity index (χ2v) is 5.57. The molecule has 0 amide bonds. The monoisotopic (exact) mass is 296 g/mol. The zero-order valence-electron chi connectivity index (χ0n) is 11.2. The lowest BCUT2D eigenvalue weighted by Crippen LogP contribution is -2.36. The van der Waals surface area contributed by atoms with E-state index in [1.54, 1.807) is 7.11 Å². The Morgan fingerprint density at radius 1 is 1.40 bits per heavy atom. The first-order valence-electron chi connectivity index (χ1n) is 6.38. The average Bonchev–Trinajstić information content (AvgIpc) is 3.10. The summed E-state index contributed by atoms with van der Waals surface area (Å²) in [7, 11) is 1.67. The van der Waals surface area contributed by atoms with Crippen molar-refractivity contribution in [2.45, 2.75) is 24.9 Å². The molecule has 0 aromatic carbocycles. The fourth-order valence-corrected chi connectivity index (χ4v) is 2.85. The maximum absolute atomic E-state index is 5.63. The number of methoxy groups -OCH3 is 1. The van der Waals surface area contributed by atoms with Crippen LogP contribution in [0, 0.1) is 0 Å². The van der Waals surface area contributed by atoms with Gasteiger partial charge in [-0.25, -0.2) is 4.98 Å². The number of thiazole rings is 1. The summed E-state index contributed by atoms with van der Waals surface area (Å²) in [4.78, 5) is 8.63. The molecule has 1 fully saturated rings. The number of nitrogens with two attached hydrogens (primary N) is 1. The van der Waals surface area contributed by atoms with Gasteiger partial charge in [-0.05, 0) is 0 Å². The Balaban J connectivity index is 1.78. The van der Waals surface area contributed by atoms with Crippen LogP contribution in [0.3, 0.4) is 0 Å². The molecule has 0 atom stereocenters. The molecule has 108 valence electrons. The topological polar surface area (TPSA) is 96.3 Å². The van der Waals surface area contributed by atoms with Gasteiger partial charge in [0.15, 0.2) is 5.13 Å². The molecule has 20 heavy (non-hydrogen) atoms. The summed E-state index contributed by atoms with van der Waals surface area (Å²) in [5.74, 6) is 1.11. The number of hydrogen-bond donors (Lipinski definition) is 1. The molecule has 0 radical (unpaired) electrons. The molecule has 0 aliphatic carbocycles. The van der Waals surface area contributed by atoms with Crippen LogP contribution >= 0.6 is 11.3 Å². The van der Waals surface area contributed by atoms with Crippen LogP contribution in [0.4, 0.5) is 5.13 Å². The van der Waals surface area contributed by atoms with Crippen LogP contribution in [0.15, 0.2) is 9.90 Å². The summed E-state index contributed by atoms with van der Waals surface area (Å²) < 4.78 is 16.3. The van der Waals surface area contributed by atoms with E-state index in [4.69, 9.17) is 19.7 Å². The quantitative estimate of drug-likeness (QED) is 0.909. The van der Waals surface area contributed by atoms with Crippen LogP contribution in [0.25, 0.3) is 0 Å². The lowest BCUT2D eigenvalue weighted by Gasteiger charge is -2.32. The summed E-state index contributed by atoms with van der Waals surface area (Å²) in [6.45, 7) is 1.28. The molecule has 2 aromatic heterocycles. The fourth-order valence-electron chi connectivity index (χ4n) is 2.29. The fraction of sp³-hybridized carbons (Fsp3) is 0.583. The lowest BCUT2D eigenvalue weighted by molar-refractivity contribution is -0.101. The van der Waals surface area contributed by atoms with E-state index in [0.717, 1.165) is 18.5 Å². The molecule has 1 saturated heterocycles. The molecule has 0 unspecified atom stereocenters. The van der Waals surface area contributed by atoms with E-state index >= 15 is 0 Å². The Morgan fingerprint density at radius 3 is 2.85 bits per heavy atom. The Bertz CT molecular complexity index is 577. The normalized spacial score (nSPS) is 18.2. The van der Waals surface area contributed by atoms with Gasteiger partial charge in [0.25, 0.3) is 0 Å². The van der Waals surface area contributed by atoms with Crippen LogP contribution in [0.5, 0.6) is 0 Å². The van der Waals surface area contributed by atoms with Crippen LogP contribution in [0.1, 0.15) is 30.3 Å². The molecule has 0 spiro atoms. The smallest absolute Gasteiger partial charge is 0.232 e. The van der Waals surface area contributed by atoms with Crippen LogP contribution in [-0.4, -0.2) is 35.4 Å². The average molecular weight is 296 g/mol. The van der Waals surface area contributed by atoms with Crippen LogP contribution < -0.4 is 5.73 Å². The number of rotatable bonds is 4. The molecule has 2 N–H and O–H groups in total. The summed E-state index contributed by atoms with van der Waals surface area (Å²) in [5, 5.41) is 6.49. The molecular weight excluding hydrogens is 280 g/mol. The van der Waals surface area contributed by atoms with Gasteiger partial charge in [0.05, 0.1) is 12.1 Å². The van der Waals surface area contributed by atoms with Gasteiger partial charge in [-0.1, -0.05) is 5.16 Å². The molecule has 0 bridgehead atoms. The largest absolute Gasteiger partial charge is 0.381 e. The second-order valence-electron chi connectivity index (χ2n) is 4.68. The van der Waals surface area contributed by atoms with Crippen molar-refractivity contribution < 1.29 is 14.0 Å². The van der Waals surface area contributed by atoms with Gasteiger partial charge in [-0.3, -0.25) is 0 Å². The predicted molar refractivity (Wildman–Crippen MR) is 72.4 cm³/mol. The van der Waals surface area contributed by atoms with Gasteiger partial charge >= 0.3 is 0 Å². The molecular formula is C12H16N4O3S. The molecule has 1 aliphatic heterocycles. The SMILES string of the molecule is COC1(c2noc(Cc3csc(N)n3)n2)CCOCC1. The van der Waals surface area contributed by atoms with Gasteiger partial charge in [-0.15, -0.1) is 11.3 Å². The van der Waals surface area contributed by atoms with Crippen LogP contribution in [-0.2, 0) is 21.5 Å². The molecule has 8 heteroatoms. The van der Waals surface area contributed by atoms with E-state index in [2.05, 4.69) is 15.1 Å². The maximum Gasteiger partial charge on any atom is 0.232 e. The zero-order valence-corrected chi connectivity index (χ0v) is 12.0. The summed E-state index contributed by atoms with van der Waals surface area (Å²) in [6.07, 6.45) is 1.94.